The fourth-order valence-electron chi connectivity index (χ4n) is 5.21. The number of esters is 2. The molecule has 0 radical (unpaired) electrons. The zero-order valence-corrected chi connectivity index (χ0v) is 24.9. The fraction of sp³-hybridized carbons (Fsp3) is 0.345. The van der Waals surface area contributed by atoms with E-state index in [1.54, 1.807) is 32.0 Å². The lowest BCUT2D eigenvalue weighted by Crippen LogP contribution is -2.32. The van der Waals surface area contributed by atoms with Crippen LogP contribution in [0.3, 0.4) is 0 Å². The number of aromatic nitrogens is 1. The molecule has 2 aliphatic rings. The molecule has 13 heteroatoms. The lowest BCUT2D eigenvalue weighted by molar-refractivity contribution is -0.144. The highest BCUT2D eigenvalue weighted by Gasteiger charge is 2.57. The quantitative estimate of drug-likeness (QED) is 0.262. The van der Waals surface area contributed by atoms with Crippen LogP contribution in [0.4, 0.5) is 5.69 Å². The predicted octanol–water partition coefficient (Wildman–Crippen LogP) is 3.46. The van der Waals surface area contributed by atoms with Gasteiger partial charge < -0.3 is 18.9 Å². The average molecular weight is 613 g/mol. The van der Waals surface area contributed by atoms with Gasteiger partial charge in [0.05, 0.1) is 49.6 Å². The highest BCUT2D eigenvalue weighted by molar-refractivity contribution is 8.00. The Hall–Kier alpha value is -4.10. The number of rotatable bonds is 9. The van der Waals surface area contributed by atoms with Crippen LogP contribution < -0.4 is 19.2 Å². The van der Waals surface area contributed by atoms with Crippen LogP contribution in [0.25, 0.3) is 0 Å². The van der Waals surface area contributed by atoms with Crippen molar-refractivity contribution in [2.75, 3.05) is 32.3 Å². The summed E-state index contributed by atoms with van der Waals surface area (Å²) in [5.74, 6) is -2.63. The molecule has 0 spiro atoms. The van der Waals surface area contributed by atoms with E-state index in [1.165, 1.54) is 43.1 Å². The monoisotopic (exact) mass is 612 g/mol. The van der Waals surface area contributed by atoms with Crippen molar-refractivity contribution in [3.05, 3.63) is 68.1 Å². The van der Waals surface area contributed by atoms with Crippen LogP contribution in [0.15, 0.2) is 52.3 Å². The Labute approximate surface area is 249 Å². The summed E-state index contributed by atoms with van der Waals surface area (Å²) in [5.41, 5.74) is 1.25. The molecule has 1 aromatic heterocycles. The summed E-state index contributed by atoms with van der Waals surface area (Å²) in [4.78, 5) is 66.9. The Kier molecular flexibility index (Phi) is 8.41. The molecule has 1 fully saturated rings. The van der Waals surface area contributed by atoms with Crippen molar-refractivity contribution in [1.82, 2.24) is 4.57 Å². The third kappa shape index (κ3) is 5.07. The second-order valence-corrected chi connectivity index (χ2v) is 11.5. The Morgan fingerprint density at radius 1 is 0.881 bits per heavy atom. The van der Waals surface area contributed by atoms with Gasteiger partial charge in [0.2, 0.25) is 11.8 Å². The minimum Gasteiger partial charge on any atom is -0.493 e. The number of benzene rings is 2. The van der Waals surface area contributed by atoms with E-state index in [2.05, 4.69) is 0 Å². The molecule has 0 bridgehead atoms. The molecule has 2 aliphatic heterocycles. The van der Waals surface area contributed by atoms with E-state index in [0.29, 0.717) is 38.2 Å². The zero-order chi connectivity index (χ0) is 30.1. The lowest BCUT2D eigenvalue weighted by Gasteiger charge is -2.31. The van der Waals surface area contributed by atoms with E-state index in [4.69, 9.17) is 18.9 Å². The van der Waals surface area contributed by atoms with E-state index in [-0.39, 0.29) is 19.8 Å². The molecule has 3 atom stereocenters. The van der Waals surface area contributed by atoms with Gasteiger partial charge in [-0.05, 0) is 55.8 Å². The Morgan fingerprint density at radius 2 is 1.57 bits per heavy atom. The smallest absolute Gasteiger partial charge is 0.338 e. The number of fused-ring (bicyclic) bond motifs is 2. The van der Waals surface area contributed by atoms with Crippen molar-refractivity contribution in [3.8, 4) is 11.5 Å². The van der Waals surface area contributed by atoms with Gasteiger partial charge in [0, 0.05) is 10.8 Å². The molecule has 0 saturated carbocycles. The van der Waals surface area contributed by atoms with Crippen LogP contribution in [-0.4, -0.2) is 61.0 Å². The summed E-state index contributed by atoms with van der Waals surface area (Å²) in [6.45, 7) is 3.43. The van der Waals surface area contributed by atoms with Crippen LogP contribution in [0.1, 0.15) is 40.6 Å². The van der Waals surface area contributed by atoms with Crippen LogP contribution in [0, 0.1) is 5.92 Å². The zero-order valence-electron chi connectivity index (χ0n) is 23.3. The first-order valence-electron chi connectivity index (χ1n) is 13.2. The van der Waals surface area contributed by atoms with E-state index < -0.39 is 45.7 Å². The van der Waals surface area contributed by atoms with Crippen LogP contribution in [0.5, 0.6) is 11.5 Å². The maximum absolute atomic E-state index is 14.1. The number of ether oxygens (including phenoxy) is 4. The van der Waals surface area contributed by atoms with E-state index in [1.807, 2.05) is 0 Å². The number of thioether (sulfide) groups is 1. The van der Waals surface area contributed by atoms with Gasteiger partial charge in [0.25, 0.3) is 0 Å². The molecular formula is C29H28N2O9S2. The number of nitrogens with zero attached hydrogens (tertiary/aromatic N) is 2. The van der Waals surface area contributed by atoms with Crippen molar-refractivity contribution < 1.29 is 38.1 Å². The number of imide groups is 1. The van der Waals surface area contributed by atoms with Crippen molar-refractivity contribution >= 4 is 52.5 Å². The topological polar surface area (TPSA) is 130 Å². The van der Waals surface area contributed by atoms with Crippen LogP contribution >= 0.6 is 23.1 Å². The molecule has 0 N–H and O–H groups in total. The van der Waals surface area contributed by atoms with Crippen LogP contribution in [-0.2, 0) is 30.4 Å². The molecular weight excluding hydrogens is 584 g/mol. The van der Waals surface area contributed by atoms with Gasteiger partial charge in [-0.25, -0.2) is 9.69 Å². The van der Waals surface area contributed by atoms with Crippen molar-refractivity contribution in [2.45, 2.75) is 36.6 Å². The highest BCUT2D eigenvalue weighted by Crippen LogP contribution is 2.54. The molecule has 0 aliphatic carbocycles. The molecule has 5 rings (SSSR count). The summed E-state index contributed by atoms with van der Waals surface area (Å²) < 4.78 is 22.3. The van der Waals surface area contributed by atoms with E-state index in [0.717, 1.165) is 28.0 Å². The summed E-state index contributed by atoms with van der Waals surface area (Å²) in [7, 11) is 3.00. The summed E-state index contributed by atoms with van der Waals surface area (Å²) in [5, 5.41) is -0.435. The van der Waals surface area contributed by atoms with Crippen LogP contribution in [0.2, 0.25) is 0 Å². The molecule has 42 heavy (non-hydrogen) atoms. The standard InChI is InChI=1S/C29H28N2O9S2/c1-5-39-20(32)14-30-27-24(42-29(30)36)21(16-9-12-18(37-3)19(13-16)38-4)22-23(41-27)26(34)31(25(22)33)17-10-7-15(8-11-17)28(35)40-6-2/h7-13,21-23H,5-6,14H2,1-4H3/t21-,22-,23+/m0/s1. The second-order valence-electron chi connectivity index (χ2n) is 9.36. The van der Waals surface area contributed by atoms with Gasteiger partial charge >= 0.3 is 16.8 Å². The molecule has 11 nitrogen and oxygen atoms in total. The molecule has 1 saturated heterocycles. The molecule has 2 aromatic carbocycles. The van der Waals surface area contributed by atoms with Gasteiger partial charge in [0.1, 0.15) is 11.8 Å². The van der Waals surface area contributed by atoms with Crippen molar-refractivity contribution in [3.63, 3.8) is 0 Å². The third-order valence-corrected chi connectivity index (χ3v) is 9.65. The van der Waals surface area contributed by atoms with Gasteiger partial charge in [-0.2, -0.15) is 0 Å². The Balaban J connectivity index is 1.61. The number of amides is 2. The number of carbonyl (C=O) groups excluding carboxylic acids is 4. The normalized spacial score (nSPS) is 19.2. The number of methoxy groups -OCH3 is 2. The average Bonchev–Trinajstić information content (AvgIpc) is 3.43. The summed E-state index contributed by atoms with van der Waals surface area (Å²) in [6.07, 6.45) is 0. The Bertz CT molecular complexity index is 1610. The van der Waals surface area contributed by atoms with Gasteiger partial charge in [-0.3, -0.25) is 23.7 Å². The maximum Gasteiger partial charge on any atom is 0.338 e. The SMILES string of the molecule is CCOC(=O)Cn1c2c(sc1=O)[C@@H](c1ccc(OC)c(OC)c1)[C@@H]1C(=O)N(c3ccc(C(=O)OCC)cc3)C(=O)[C@@H]1S2. The van der Waals surface area contributed by atoms with Crippen molar-refractivity contribution in [2.24, 2.45) is 5.92 Å². The summed E-state index contributed by atoms with van der Waals surface area (Å²) >= 11 is 2.04. The van der Waals surface area contributed by atoms with Gasteiger partial charge in [0.15, 0.2) is 11.5 Å². The third-order valence-electron chi connectivity index (χ3n) is 7.05. The number of carbonyl (C=O) groups is 4. The number of anilines is 1. The predicted molar refractivity (Wildman–Crippen MR) is 155 cm³/mol. The fourth-order valence-corrected chi connectivity index (χ4v) is 7.99. The van der Waals surface area contributed by atoms with E-state index in [9.17, 15) is 24.0 Å². The minimum absolute atomic E-state index is 0.156. The Morgan fingerprint density at radius 3 is 2.21 bits per heavy atom. The largest absolute Gasteiger partial charge is 0.493 e. The van der Waals surface area contributed by atoms with Crippen molar-refractivity contribution in [1.29, 1.82) is 0 Å². The number of hydrogen-bond acceptors (Lipinski definition) is 11. The molecule has 2 amide bonds. The van der Waals surface area contributed by atoms with Gasteiger partial charge in [-0.1, -0.05) is 29.2 Å². The molecule has 0 unspecified atom stereocenters. The second kappa shape index (κ2) is 12.0. The maximum atomic E-state index is 14.1. The molecule has 3 heterocycles. The van der Waals surface area contributed by atoms with E-state index >= 15 is 0 Å². The molecule has 3 aromatic rings. The minimum atomic E-state index is -0.879. The lowest BCUT2D eigenvalue weighted by atomic mass is 9.83. The molecule has 220 valence electrons. The first-order chi connectivity index (χ1) is 20.2. The first-order valence-corrected chi connectivity index (χ1v) is 14.9. The summed E-state index contributed by atoms with van der Waals surface area (Å²) in [6, 6.07) is 11.3. The van der Waals surface area contributed by atoms with Gasteiger partial charge in [-0.15, -0.1) is 0 Å². The highest BCUT2D eigenvalue weighted by atomic mass is 32.2. The number of thiazole rings is 1. The first kappa shape index (κ1) is 29.4. The number of hydrogen-bond donors (Lipinski definition) is 0.